The van der Waals surface area contributed by atoms with Gasteiger partial charge in [-0.3, -0.25) is 15.2 Å². The highest BCUT2D eigenvalue weighted by atomic mass is 16.1. The van der Waals surface area contributed by atoms with Gasteiger partial charge in [-0.15, -0.1) is 0 Å². The molecule has 1 aromatic heterocycles. The van der Waals surface area contributed by atoms with E-state index in [1.165, 1.54) is 12.3 Å². The Hall–Kier alpha value is -2.63. The zero-order chi connectivity index (χ0) is 18.7. The number of hydrazone groups is 1. The topological polar surface area (TPSA) is 73.4 Å². The lowest BCUT2D eigenvalue weighted by Gasteiger charge is -2.21. The third-order valence-electron chi connectivity index (χ3n) is 3.48. The monoisotopic (exact) mass is 343 g/mol. The van der Waals surface area contributed by atoms with Gasteiger partial charge in [0.2, 0.25) is 5.95 Å². The molecule has 6 nitrogen and oxygen atoms in total. The fourth-order valence-corrected chi connectivity index (χ4v) is 2.18. The molecule has 2 N–H and O–H groups in total. The molecule has 6 heteroatoms. The van der Waals surface area contributed by atoms with E-state index in [1.807, 2.05) is 26.0 Å². The van der Waals surface area contributed by atoms with Crippen LogP contribution >= 0.6 is 0 Å². The number of anilines is 1. The van der Waals surface area contributed by atoms with Gasteiger partial charge in [-0.1, -0.05) is 32.1 Å². The molecule has 0 saturated carbocycles. The van der Waals surface area contributed by atoms with Gasteiger partial charge in [0.05, 0.1) is 17.6 Å². The largest absolute Gasteiger partial charge is 0.342 e. The second-order valence-electron chi connectivity index (χ2n) is 5.69. The Morgan fingerprint density at radius 2 is 2.08 bits per heavy atom. The molecule has 0 atom stereocenters. The van der Waals surface area contributed by atoms with Gasteiger partial charge in [0.25, 0.3) is 5.56 Å². The molecule has 1 rings (SSSR count). The highest BCUT2D eigenvalue weighted by Gasteiger charge is 2.08. The number of allylic oxidation sites excluding steroid dienone is 4. The molecular weight excluding hydrogens is 314 g/mol. The number of rotatable bonds is 10. The van der Waals surface area contributed by atoms with Crippen molar-refractivity contribution in [1.29, 1.82) is 0 Å². The van der Waals surface area contributed by atoms with Crippen LogP contribution in [0.1, 0.15) is 46.2 Å². The maximum absolute atomic E-state index is 11.9. The van der Waals surface area contributed by atoms with Gasteiger partial charge in [-0.25, -0.2) is 4.98 Å². The van der Waals surface area contributed by atoms with Crippen LogP contribution in [0, 0.1) is 0 Å². The first-order chi connectivity index (χ1) is 12.0. The first kappa shape index (κ1) is 20.4. The third kappa shape index (κ3) is 7.20. The molecule has 0 amide bonds. The molecule has 0 aliphatic rings. The van der Waals surface area contributed by atoms with E-state index in [0.717, 1.165) is 37.2 Å². The second kappa shape index (κ2) is 11.0. The van der Waals surface area contributed by atoms with E-state index < -0.39 is 0 Å². The van der Waals surface area contributed by atoms with E-state index in [2.05, 4.69) is 45.8 Å². The van der Waals surface area contributed by atoms with Crippen molar-refractivity contribution in [1.82, 2.24) is 15.4 Å². The predicted octanol–water partition coefficient (Wildman–Crippen LogP) is 3.36. The molecule has 0 radical (unpaired) electrons. The average molecular weight is 343 g/mol. The van der Waals surface area contributed by atoms with E-state index in [4.69, 9.17) is 0 Å². The van der Waals surface area contributed by atoms with Crippen LogP contribution in [-0.2, 0) is 0 Å². The summed E-state index contributed by atoms with van der Waals surface area (Å²) in [6.45, 7) is 13.6. The van der Waals surface area contributed by atoms with Crippen LogP contribution in [0.25, 0.3) is 0 Å². The normalized spacial score (nSPS) is 12.5. The Morgan fingerprint density at radius 1 is 1.40 bits per heavy atom. The van der Waals surface area contributed by atoms with Crippen molar-refractivity contribution in [3.63, 3.8) is 0 Å². The number of hydrogen-bond donors (Lipinski definition) is 2. The fraction of sp³-hybridized carbons (Fsp3) is 0.421. The number of nitrogens with one attached hydrogen (secondary N) is 2. The van der Waals surface area contributed by atoms with Gasteiger partial charge >= 0.3 is 0 Å². The molecule has 0 saturated heterocycles. The molecule has 136 valence electrons. The molecule has 1 heterocycles. The van der Waals surface area contributed by atoms with Crippen LogP contribution in [0.15, 0.2) is 52.0 Å². The molecule has 0 bridgehead atoms. The van der Waals surface area contributed by atoms with E-state index in [-0.39, 0.29) is 5.56 Å². The zero-order valence-electron chi connectivity index (χ0n) is 15.7. The van der Waals surface area contributed by atoms with E-state index in [1.54, 1.807) is 6.08 Å². The highest BCUT2D eigenvalue weighted by molar-refractivity contribution is 5.77. The van der Waals surface area contributed by atoms with Crippen LogP contribution in [0.5, 0.6) is 0 Å². The van der Waals surface area contributed by atoms with E-state index in [0.29, 0.717) is 11.6 Å². The van der Waals surface area contributed by atoms with Gasteiger partial charge in [0.15, 0.2) is 0 Å². The summed E-state index contributed by atoms with van der Waals surface area (Å²) in [5.74, 6) is 0.585. The molecule has 1 aromatic rings. The molecule has 0 spiro atoms. The summed E-state index contributed by atoms with van der Waals surface area (Å²) in [6, 6.07) is 1.43. The molecule has 25 heavy (non-hydrogen) atoms. The highest BCUT2D eigenvalue weighted by Crippen LogP contribution is 2.07. The quantitative estimate of drug-likeness (QED) is 0.388. The Labute approximate surface area is 150 Å². The van der Waals surface area contributed by atoms with Gasteiger partial charge < -0.3 is 4.90 Å². The van der Waals surface area contributed by atoms with Crippen molar-refractivity contribution in [2.45, 2.75) is 40.5 Å². The van der Waals surface area contributed by atoms with Crippen LogP contribution in [0.3, 0.4) is 0 Å². The first-order valence-electron chi connectivity index (χ1n) is 8.66. The first-order valence-corrected chi connectivity index (χ1v) is 8.66. The summed E-state index contributed by atoms with van der Waals surface area (Å²) in [5.41, 5.74) is 5.10. The van der Waals surface area contributed by atoms with Crippen molar-refractivity contribution in [2.75, 3.05) is 18.0 Å². The lowest BCUT2D eigenvalue weighted by atomic mass is 10.2. The Morgan fingerprint density at radius 3 is 2.64 bits per heavy atom. The van der Waals surface area contributed by atoms with E-state index >= 15 is 0 Å². The molecule has 0 aliphatic heterocycles. The summed E-state index contributed by atoms with van der Waals surface area (Å²) >= 11 is 0. The maximum atomic E-state index is 11.9. The van der Waals surface area contributed by atoms with Crippen LogP contribution in [0.2, 0.25) is 0 Å². The molecule has 0 aliphatic carbocycles. The Balaban J connectivity index is 2.97. The van der Waals surface area contributed by atoms with Crippen LogP contribution < -0.4 is 15.9 Å². The summed E-state index contributed by atoms with van der Waals surface area (Å²) in [4.78, 5) is 21.3. The smallest absolute Gasteiger partial charge is 0.252 e. The van der Waals surface area contributed by atoms with Gasteiger partial charge in [0, 0.05) is 19.2 Å². The van der Waals surface area contributed by atoms with Crippen molar-refractivity contribution < 1.29 is 0 Å². The van der Waals surface area contributed by atoms with Crippen molar-refractivity contribution >= 4 is 12.2 Å². The van der Waals surface area contributed by atoms with Crippen LogP contribution in [-0.4, -0.2) is 29.3 Å². The lowest BCUT2D eigenvalue weighted by molar-refractivity contribution is 0.718. The predicted molar refractivity (Wildman–Crippen MR) is 106 cm³/mol. The minimum atomic E-state index is -0.187. The van der Waals surface area contributed by atoms with Gasteiger partial charge in [0.1, 0.15) is 0 Å². The minimum Gasteiger partial charge on any atom is -0.342 e. The van der Waals surface area contributed by atoms with Crippen molar-refractivity contribution in [3.8, 4) is 0 Å². The molecule has 0 unspecified atom stereocenters. The summed E-state index contributed by atoms with van der Waals surface area (Å²) in [7, 11) is 0. The van der Waals surface area contributed by atoms with Gasteiger partial charge in [-0.2, -0.15) is 5.10 Å². The standard InChI is InChI=1S/C19H29N5O/c1-6-10-24(11-7-2)19-21-17(13-18(25)22-19)14-20-23-16(9-4)12-15(5)8-3/h8-9,12-14,23H,4,6-7,10-11H2,1-3,5H3,(H,21,22,25)/b15-8-,16-12+,20-14+. The summed E-state index contributed by atoms with van der Waals surface area (Å²) in [6.07, 6.45) is 9.13. The summed E-state index contributed by atoms with van der Waals surface area (Å²) < 4.78 is 0. The number of hydrogen-bond acceptors (Lipinski definition) is 5. The Kier molecular flexibility index (Phi) is 9.00. The van der Waals surface area contributed by atoms with Crippen LogP contribution in [0.4, 0.5) is 5.95 Å². The molecule has 0 aromatic carbocycles. The number of nitrogens with zero attached hydrogens (tertiary/aromatic N) is 3. The fourth-order valence-electron chi connectivity index (χ4n) is 2.18. The summed E-state index contributed by atoms with van der Waals surface area (Å²) in [5, 5.41) is 4.16. The second-order valence-corrected chi connectivity index (χ2v) is 5.69. The average Bonchev–Trinajstić information content (AvgIpc) is 2.60. The SMILES string of the molecule is C=C/C(=C\C(C)=C/C)N/N=C/c1cc(=O)[nH]c(N(CCC)CCC)n1. The lowest BCUT2D eigenvalue weighted by Crippen LogP contribution is -2.29. The van der Waals surface area contributed by atoms with E-state index in [9.17, 15) is 4.79 Å². The molecule has 0 fully saturated rings. The minimum absolute atomic E-state index is 0.187. The maximum Gasteiger partial charge on any atom is 0.252 e. The number of aromatic nitrogens is 2. The van der Waals surface area contributed by atoms with Gasteiger partial charge in [-0.05, 0) is 38.8 Å². The third-order valence-corrected chi connectivity index (χ3v) is 3.48. The van der Waals surface area contributed by atoms with Crippen molar-refractivity contribution in [3.05, 3.63) is 58.2 Å². The number of H-pyrrole nitrogens is 1. The zero-order valence-corrected chi connectivity index (χ0v) is 15.7. The number of aromatic amines is 1. The van der Waals surface area contributed by atoms with Crippen molar-refractivity contribution in [2.24, 2.45) is 5.10 Å². The molecular formula is C19H29N5O. The Bertz CT molecular complexity index is 694.